The number of nitro groups is 1. The van der Waals surface area contributed by atoms with Crippen LogP contribution in [0.3, 0.4) is 0 Å². The van der Waals surface area contributed by atoms with E-state index in [1.54, 1.807) is 0 Å². The SMILES string of the molecule is COc1cc([N+](=O)[O-])ccc1N=NC(C(=O)Nc1ccc(CC(O)(P(=O)(O)O)P(=O)(O)O)cc1)=C(C)O. The number of methoxy groups -OCH3 is 1. The Hall–Kier alpha value is -3.49. The summed E-state index contributed by atoms with van der Waals surface area (Å²) in [6.45, 7) is 1.15. The largest absolute Gasteiger partial charge is 0.510 e. The van der Waals surface area contributed by atoms with E-state index in [1.807, 2.05) is 0 Å². The second-order valence-corrected chi connectivity index (χ2v) is 11.4. The maximum Gasteiger partial charge on any atom is 0.369 e. The van der Waals surface area contributed by atoms with Crippen molar-refractivity contribution in [1.82, 2.24) is 0 Å². The molecule has 0 fully saturated rings. The fourth-order valence-corrected chi connectivity index (χ4v) is 4.93. The van der Waals surface area contributed by atoms with Crippen LogP contribution >= 0.6 is 15.2 Å². The number of aliphatic hydroxyl groups excluding tert-OH is 1. The van der Waals surface area contributed by atoms with Gasteiger partial charge in [0.1, 0.15) is 11.4 Å². The first-order chi connectivity index (χ1) is 17.0. The maximum absolute atomic E-state index is 12.6. The van der Waals surface area contributed by atoms with Crippen molar-refractivity contribution in [2.45, 2.75) is 18.4 Å². The number of anilines is 1. The molecule has 0 aromatic heterocycles. The van der Waals surface area contributed by atoms with Gasteiger partial charge in [-0.1, -0.05) is 12.1 Å². The minimum absolute atomic E-state index is 0.0190. The minimum atomic E-state index is -5.66. The smallest absolute Gasteiger partial charge is 0.369 e. The minimum Gasteiger partial charge on any atom is -0.510 e. The number of carbonyl (C=O) groups excluding carboxylic acids is 1. The number of azo groups is 1. The highest BCUT2D eigenvalue weighted by Crippen LogP contribution is 2.68. The second kappa shape index (κ2) is 11.3. The van der Waals surface area contributed by atoms with Gasteiger partial charge in [0.2, 0.25) is 0 Å². The van der Waals surface area contributed by atoms with Crippen molar-refractivity contribution in [2.75, 3.05) is 12.4 Å². The fourth-order valence-electron chi connectivity index (χ4n) is 2.79. The number of hydrogen-bond acceptors (Lipinski definition) is 10. The number of hydrogen-bond donors (Lipinski definition) is 7. The van der Waals surface area contributed by atoms with Crippen molar-refractivity contribution in [2.24, 2.45) is 10.2 Å². The molecule has 0 aliphatic rings. The molecule has 0 heterocycles. The highest BCUT2D eigenvalue weighted by atomic mass is 31.2. The molecule has 1 amide bonds. The molecule has 18 heteroatoms. The normalized spacial score (nSPS) is 13.3. The van der Waals surface area contributed by atoms with E-state index >= 15 is 0 Å². The van der Waals surface area contributed by atoms with Gasteiger partial charge in [0.15, 0.2) is 11.4 Å². The van der Waals surface area contributed by atoms with Crippen molar-refractivity contribution in [3.63, 3.8) is 0 Å². The van der Waals surface area contributed by atoms with Gasteiger partial charge in [-0.3, -0.25) is 24.0 Å². The number of ether oxygens (including phenoxy) is 1. The maximum atomic E-state index is 12.6. The number of allylic oxidation sites excluding steroid dienone is 1. The van der Waals surface area contributed by atoms with Gasteiger partial charge in [-0.2, -0.15) is 0 Å². The summed E-state index contributed by atoms with van der Waals surface area (Å²) >= 11 is 0. The van der Waals surface area contributed by atoms with E-state index in [9.17, 15) is 53.8 Å². The zero-order valence-electron chi connectivity index (χ0n) is 19.1. The Balaban J connectivity index is 2.24. The quantitative estimate of drug-likeness (QED) is 0.0552. The predicted molar refractivity (Wildman–Crippen MR) is 127 cm³/mol. The van der Waals surface area contributed by atoms with Crippen molar-refractivity contribution >= 4 is 38.2 Å². The van der Waals surface area contributed by atoms with E-state index < -0.39 is 49.0 Å². The van der Waals surface area contributed by atoms with Gasteiger partial charge in [0.05, 0.1) is 18.1 Å². The van der Waals surface area contributed by atoms with Crippen LogP contribution in [0.1, 0.15) is 12.5 Å². The van der Waals surface area contributed by atoms with Crippen LogP contribution in [0.15, 0.2) is 64.1 Å². The summed E-state index contributed by atoms with van der Waals surface area (Å²) in [7, 11) is -10.1. The standard InChI is InChI=1S/C19H22N4O12P2/c1-11(24)17(22-21-15-8-7-14(23(27)28)9-16(15)35-2)18(25)20-13-5-3-12(4-6-13)10-19(26,36(29,30)31)37(32,33)34/h3-9,24,26H,10H2,1-2H3,(H,20,25)(H2,29,30,31)(H2,32,33,34). The molecule has 2 aromatic rings. The lowest BCUT2D eigenvalue weighted by molar-refractivity contribution is -0.384. The van der Waals surface area contributed by atoms with E-state index in [4.69, 9.17) is 4.74 Å². The third-order valence-electron chi connectivity index (χ3n) is 4.78. The van der Waals surface area contributed by atoms with Gasteiger partial charge >= 0.3 is 15.2 Å². The second-order valence-electron chi connectivity index (χ2n) is 7.44. The van der Waals surface area contributed by atoms with E-state index in [0.29, 0.717) is 0 Å². The van der Waals surface area contributed by atoms with Crippen LogP contribution in [0.4, 0.5) is 17.1 Å². The monoisotopic (exact) mass is 560 g/mol. The molecule has 0 aliphatic heterocycles. The summed E-state index contributed by atoms with van der Waals surface area (Å²) in [6, 6.07) is 8.13. The van der Waals surface area contributed by atoms with Crippen molar-refractivity contribution in [3.8, 4) is 5.75 Å². The number of amides is 1. The van der Waals surface area contributed by atoms with Gasteiger partial charge in [-0.25, -0.2) is 0 Å². The van der Waals surface area contributed by atoms with Crippen LogP contribution < -0.4 is 10.1 Å². The lowest BCUT2D eigenvalue weighted by Crippen LogP contribution is -2.31. The van der Waals surface area contributed by atoms with Crippen LogP contribution in [0, 0.1) is 10.1 Å². The first kappa shape index (κ1) is 29.7. The molecule has 0 radical (unpaired) electrons. The van der Waals surface area contributed by atoms with Crippen LogP contribution in [0.5, 0.6) is 5.75 Å². The number of carbonyl (C=O) groups is 1. The van der Waals surface area contributed by atoms with Crippen molar-refractivity contribution in [1.29, 1.82) is 0 Å². The van der Waals surface area contributed by atoms with Crippen LogP contribution in [-0.4, -0.2) is 52.8 Å². The number of nitrogens with zero attached hydrogens (tertiary/aromatic N) is 3. The summed E-state index contributed by atoms with van der Waals surface area (Å²) in [4.78, 5) is 59.8. The zero-order valence-corrected chi connectivity index (χ0v) is 20.9. The lowest BCUT2D eigenvalue weighted by Gasteiger charge is -2.29. The summed E-state index contributed by atoms with van der Waals surface area (Å²) < 4.78 is 28.1. The number of nitrogens with one attached hydrogen (secondary N) is 1. The molecule has 0 spiro atoms. The van der Waals surface area contributed by atoms with Gasteiger partial charge < -0.3 is 39.8 Å². The molecule has 0 aliphatic carbocycles. The average Bonchev–Trinajstić information content (AvgIpc) is 2.78. The summed E-state index contributed by atoms with van der Waals surface area (Å²) in [5, 5.41) is 37.0. The van der Waals surface area contributed by atoms with Gasteiger partial charge in [-0.15, -0.1) is 10.2 Å². The Morgan fingerprint density at radius 2 is 1.68 bits per heavy atom. The molecule has 0 saturated heterocycles. The molecule has 16 nitrogen and oxygen atoms in total. The van der Waals surface area contributed by atoms with Crippen molar-refractivity contribution < 1.29 is 53.4 Å². The van der Waals surface area contributed by atoms with Gasteiger partial charge in [-0.05, 0) is 30.7 Å². The molecular formula is C19H22N4O12P2. The Labute approximate surface area is 208 Å². The number of benzene rings is 2. The summed E-state index contributed by atoms with van der Waals surface area (Å²) in [6.07, 6.45) is -1.10. The predicted octanol–water partition coefficient (Wildman–Crippen LogP) is 2.66. The van der Waals surface area contributed by atoms with E-state index in [1.165, 1.54) is 25.3 Å². The number of aliphatic hydroxyl groups is 2. The first-order valence-electron chi connectivity index (χ1n) is 9.88. The highest BCUT2D eigenvalue weighted by Gasteiger charge is 2.59. The molecule has 0 atom stereocenters. The van der Waals surface area contributed by atoms with Crippen LogP contribution in [0.25, 0.3) is 0 Å². The Bertz CT molecular complexity index is 1320. The molecule has 2 aromatic carbocycles. The number of non-ortho nitro benzene ring substituents is 1. The van der Waals surface area contributed by atoms with E-state index in [-0.39, 0.29) is 28.4 Å². The summed E-state index contributed by atoms with van der Waals surface area (Å²) in [5.74, 6) is -1.50. The highest BCUT2D eigenvalue weighted by molar-refractivity contribution is 7.72. The molecule has 7 N–H and O–H groups in total. The molecule has 0 bridgehead atoms. The van der Waals surface area contributed by atoms with E-state index in [2.05, 4.69) is 15.5 Å². The molecule has 0 unspecified atom stereocenters. The third kappa shape index (κ3) is 7.05. The Morgan fingerprint density at radius 3 is 2.14 bits per heavy atom. The van der Waals surface area contributed by atoms with Crippen molar-refractivity contribution in [3.05, 3.63) is 69.6 Å². The molecule has 2 rings (SSSR count). The third-order valence-corrected chi connectivity index (χ3v) is 8.52. The van der Waals surface area contributed by atoms with Gasteiger partial charge in [0, 0.05) is 18.2 Å². The lowest BCUT2D eigenvalue weighted by atomic mass is 10.1. The summed E-state index contributed by atoms with van der Waals surface area (Å²) in [5.41, 5.74) is -0.794. The Kier molecular flexibility index (Phi) is 9.06. The number of rotatable bonds is 10. The first-order valence-corrected chi connectivity index (χ1v) is 13.1. The molecule has 37 heavy (non-hydrogen) atoms. The van der Waals surface area contributed by atoms with E-state index in [0.717, 1.165) is 31.2 Å². The molecule has 200 valence electrons. The molecular weight excluding hydrogens is 538 g/mol. The average molecular weight is 560 g/mol. The van der Waals surface area contributed by atoms with Crippen LogP contribution in [-0.2, 0) is 20.3 Å². The Morgan fingerprint density at radius 1 is 1.11 bits per heavy atom. The zero-order chi connectivity index (χ0) is 28.2. The van der Waals surface area contributed by atoms with Gasteiger partial charge in [0.25, 0.3) is 16.7 Å². The molecule has 0 saturated carbocycles. The fraction of sp³-hybridized carbons (Fsp3) is 0.211. The topological polar surface area (TPSA) is 262 Å². The number of nitro benzene ring substituents is 1. The van der Waals surface area contributed by atoms with Crippen LogP contribution in [0.2, 0.25) is 0 Å².